The van der Waals surface area contributed by atoms with Gasteiger partial charge in [-0.3, -0.25) is 4.79 Å². The van der Waals surface area contributed by atoms with E-state index < -0.39 is 0 Å². The number of hydrogen-bond donors (Lipinski definition) is 2. The summed E-state index contributed by atoms with van der Waals surface area (Å²) in [6, 6.07) is 6.19. The molecule has 1 saturated heterocycles. The van der Waals surface area contributed by atoms with Crippen LogP contribution in [0.2, 0.25) is 0 Å². The summed E-state index contributed by atoms with van der Waals surface area (Å²) in [6.45, 7) is 6.18. The minimum Gasteiger partial charge on any atom is -0.378 e. The normalized spacial score (nSPS) is 19.6. The van der Waals surface area contributed by atoms with Crippen LogP contribution in [0.4, 0.5) is 5.69 Å². The van der Waals surface area contributed by atoms with Crippen molar-refractivity contribution in [2.75, 3.05) is 25.1 Å². The molecule has 0 aliphatic carbocycles. The Hall–Kier alpha value is -1.39. The minimum absolute atomic E-state index is 0.0340. The molecule has 1 aromatic carbocycles. The highest BCUT2D eigenvalue weighted by atomic mass is 16.5. The van der Waals surface area contributed by atoms with Crippen LogP contribution in [-0.2, 0) is 9.53 Å². The standard InChI is InChI=1S/C14H20N2O2/c1-10-3-4-11(2)13(7-10)16-14(17)8-12-9-18-6-5-15-12/h3-4,7,12,15H,5-6,8-9H2,1-2H3,(H,16,17). The third kappa shape index (κ3) is 3.55. The van der Waals surface area contributed by atoms with Gasteiger partial charge < -0.3 is 15.4 Å². The van der Waals surface area contributed by atoms with Crippen LogP contribution in [0.1, 0.15) is 17.5 Å². The molecule has 18 heavy (non-hydrogen) atoms. The summed E-state index contributed by atoms with van der Waals surface area (Å²) in [6.07, 6.45) is 0.452. The summed E-state index contributed by atoms with van der Waals surface area (Å²) in [5.41, 5.74) is 3.13. The van der Waals surface area contributed by atoms with Gasteiger partial charge in [-0.2, -0.15) is 0 Å². The number of ether oxygens (including phenoxy) is 1. The molecule has 2 rings (SSSR count). The van der Waals surface area contributed by atoms with Gasteiger partial charge in [-0.1, -0.05) is 12.1 Å². The maximum absolute atomic E-state index is 11.9. The van der Waals surface area contributed by atoms with E-state index in [1.807, 2.05) is 32.0 Å². The van der Waals surface area contributed by atoms with Crippen LogP contribution in [0.5, 0.6) is 0 Å². The van der Waals surface area contributed by atoms with Crippen molar-refractivity contribution in [3.63, 3.8) is 0 Å². The summed E-state index contributed by atoms with van der Waals surface area (Å²) in [5.74, 6) is 0.0340. The fraction of sp³-hybridized carbons (Fsp3) is 0.500. The zero-order chi connectivity index (χ0) is 13.0. The van der Waals surface area contributed by atoms with Gasteiger partial charge in [0.15, 0.2) is 0 Å². The molecule has 0 spiro atoms. The Bertz CT molecular complexity index is 426. The maximum Gasteiger partial charge on any atom is 0.226 e. The zero-order valence-electron chi connectivity index (χ0n) is 11.0. The van der Waals surface area contributed by atoms with Gasteiger partial charge in [-0.15, -0.1) is 0 Å². The molecule has 1 aliphatic heterocycles. The first kappa shape index (κ1) is 13.1. The van der Waals surface area contributed by atoms with Crippen molar-refractivity contribution in [1.82, 2.24) is 5.32 Å². The number of hydrogen-bond acceptors (Lipinski definition) is 3. The predicted octanol–water partition coefficient (Wildman–Crippen LogP) is 1.62. The first-order valence-electron chi connectivity index (χ1n) is 6.33. The SMILES string of the molecule is Cc1ccc(C)c(NC(=O)CC2COCCN2)c1. The molecule has 2 N–H and O–H groups in total. The Morgan fingerprint density at radius 1 is 1.50 bits per heavy atom. The van der Waals surface area contributed by atoms with Crippen LogP contribution in [0.25, 0.3) is 0 Å². The van der Waals surface area contributed by atoms with Gasteiger partial charge in [0, 0.05) is 24.7 Å². The van der Waals surface area contributed by atoms with Crippen molar-refractivity contribution in [2.45, 2.75) is 26.3 Å². The average Bonchev–Trinajstić information content (AvgIpc) is 2.35. The summed E-state index contributed by atoms with van der Waals surface area (Å²) in [4.78, 5) is 11.9. The summed E-state index contributed by atoms with van der Waals surface area (Å²) in [5, 5.41) is 6.24. The predicted molar refractivity (Wildman–Crippen MR) is 71.8 cm³/mol. The fourth-order valence-electron chi connectivity index (χ4n) is 2.05. The third-order valence-corrected chi connectivity index (χ3v) is 3.10. The molecule has 1 aromatic rings. The van der Waals surface area contributed by atoms with Crippen LogP contribution >= 0.6 is 0 Å². The Balaban J connectivity index is 1.92. The zero-order valence-corrected chi connectivity index (χ0v) is 11.0. The van der Waals surface area contributed by atoms with E-state index in [9.17, 15) is 4.79 Å². The highest BCUT2D eigenvalue weighted by molar-refractivity contribution is 5.92. The lowest BCUT2D eigenvalue weighted by molar-refractivity contribution is -0.117. The molecule has 98 valence electrons. The van der Waals surface area contributed by atoms with Gasteiger partial charge in [-0.25, -0.2) is 0 Å². The van der Waals surface area contributed by atoms with E-state index in [1.54, 1.807) is 0 Å². The van der Waals surface area contributed by atoms with Crippen LogP contribution in [0.15, 0.2) is 18.2 Å². The molecule has 1 fully saturated rings. The Kier molecular flexibility index (Phi) is 4.33. The molecular weight excluding hydrogens is 228 g/mol. The number of anilines is 1. The Morgan fingerprint density at radius 2 is 2.33 bits per heavy atom. The number of rotatable bonds is 3. The van der Waals surface area contributed by atoms with E-state index in [4.69, 9.17) is 4.74 Å². The Morgan fingerprint density at radius 3 is 3.06 bits per heavy atom. The van der Waals surface area contributed by atoms with Gasteiger partial charge in [0.2, 0.25) is 5.91 Å². The number of benzene rings is 1. The second kappa shape index (κ2) is 5.98. The maximum atomic E-state index is 11.9. The van der Waals surface area contributed by atoms with E-state index in [0.717, 1.165) is 30.0 Å². The van der Waals surface area contributed by atoms with Crippen LogP contribution in [-0.4, -0.2) is 31.7 Å². The van der Waals surface area contributed by atoms with Crippen molar-refractivity contribution >= 4 is 11.6 Å². The molecule has 0 radical (unpaired) electrons. The Labute approximate surface area is 108 Å². The van der Waals surface area contributed by atoms with Gasteiger partial charge in [0.05, 0.1) is 13.2 Å². The molecule has 1 aliphatic rings. The minimum atomic E-state index is 0.0340. The largest absolute Gasteiger partial charge is 0.378 e. The number of aryl methyl sites for hydroxylation is 2. The van der Waals surface area contributed by atoms with E-state index >= 15 is 0 Å². The molecule has 1 heterocycles. The van der Waals surface area contributed by atoms with Crippen molar-refractivity contribution in [3.05, 3.63) is 29.3 Å². The van der Waals surface area contributed by atoms with Gasteiger partial charge in [-0.05, 0) is 31.0 Å². The van der Waals surface area contributed by atoms with E-state index in [0.29, 0.717) is 13.0 Å². The van der Waals surface area contributed by atoms with E-state index in [-0.39, 0.29) is 11.9 Å². The summed E-state index contributed by atoms with van der Waals surface area (Å²) >= 11 is 0. The highest BCUT2D eigenvalue weighted by Gasteiger charge is 2.17. The van der Waals surface area contributed by atoms with Crippen LogP contribution in [0.3, 0.4) is 0 Å². The van der Waals surface area contributed by atoms with Gasteiger partial charge >= 0.3 is 0 Å². The van der Waals surface area contributed by atoms with Crippen molar-refractivity contribution < 1.29 is 9.53 Å². The van der Waals surface area contributed by atoms with Crippen molar-refractivity contribution in [2.24, 2.45) is 0 Å². The van der Waals surface area contributed by atoms with E-state index in [1.165, 1.54) is 0 Å². The van der Waals surface area contributed by atoms with Gasteiger partial charge in [0.25, 0.3) is 0 Å². The molecule has 4 heteroatoms. The first-order chi connectivity index (χ1) is 8.65. The van der Waals surface area contributed by atoms with Crippen LogP contribution in [0, 0.1) is 13.8 Å². The highest BCUT2D eigenvalue weighted by Crippen LogP contribution is 2.16. The molecule has 0 aromatic heterocycles. The molecule has 0 bridgehead atoms. The number of amides is 1. The molecule has 1 unspecified atom stereocenters. The molecule has 0 saturated carbocycles. The quantitative estimate of drug-likeness (QED) is 0.854. The topological polar surface area (TPSA) is 50.4 Å². The van der Waals surface area contributed by atoms with Crippen molar-refractivity contribution in [1.29, 1.82) is 0 Å². The number of carbonyl (C=O) groups is 1. The van der Waals surface area contributed by atoms with E-state index in [2.05, 4.69) is 10.6 Å². The summed E-state index contributed by atoms with van der Waals surface area (Å²) in [7, 11) is 0. The molecule has 4 nitrogen and oxygen atoms in total. The first-order valence-corrected chi connectivity index (χ1v) is 6.33. The lowest BCUT2D eigenvalue weighted by atomic mass is 10.1. The number of carbonyl (C=O) groups excluding carboxylic acids is 1. The van der Waals surface area contributed by atoms with Crippen LogP contribution < -0.4 is 10.6 Å². The molecular formula is C14H20N2O2. The van der Waals surface area contributed by atoms with Gasteiger partial charge in [0.1, 0.15) is 0 Å². The molecule has 1 atom stereocenters. The molecule has 1 amide bonds. The second-order valence-electron chi connectivity index (χ2n) is 4.80. The average molecular weight is 248 g/mol. The fourth-order valence-corrected chi connectivity index (χ4v) is 2.05. The lowest BCUT2D eigenvalue weighted by Crippen LogP contribution is -2.43. The second-order valence-corrected chi connectivity index (χ2v) is 4.80. The third-order valence-electron chi connectivity index (χ3n) is 3.10. The lowest BCUT2D eigenvalue weighted by Gasteiger charge is -2.23. The van der Waals surface area contributed by atoms with Crippen molar-refractivity contribution in [3.8, 4) is 0 Å². The monoisotopic (exact) mass is 248 g/mol. The number of nitrogens with one attached hydrogen (secondary N) is 2. The summed E-state index contributed by atoms with van der Waals surface area (Å²) < 4.78 is 5.33. The smallest absolute Gasteiger partial charge is 0.226 e. The number of morpholine rings is 1.